The molecule has 1 aliphatic rings. The first-order valence-corrected chi connectivity index (χ1v) is 12.1. The largest absolute Gasteiger partial charge is 0.492 e. The van der Waals surface area contributed by atoms with Crippen LogP contribution in [-0.2, 0) is 0 Å². The zero-order chi connectivity index (χ0) is 22.2. The van der Waals surface area contributed by atoms with E-state index in [-0.39, 0.29) is 0 Å². The second-order valence-electron chi connectivity index (χ2n) is 8.68. The molecule has 2 heteroatoms. The first-order valence-electron chi connectivity index (χ1n) is 12.1. The Kier molecular flexibility index (Phi) is 7.79. The summed E-state index contributed by atoms with van der Waals surface area (Å²) in [5, 5.41) is 0. The van der Waals surface area contributed by atoms with Crippen LogP contribution in [-0.4, -0.2) is 31.1 Å². The second kappa shape index (κ2) is 11.2. The highest BCUT2D eigenvalue weighted by molar-refractivity contribution is 5.98. The molecule has 1 saturated heterocycles. The molecular weight excluding hydrogens is 390 g/mol. The lowest BCUT2D eigenvalue weighted by molar-refractivity contribution is 0.232. The van der Waals surface area contributed by atoms with Crippen molar-refractivity contribution < 1.29 is 4.74 Å². The van der Waals surface area contributed by atoms with Crippen LogP contribution in [0.5, 0.6) is 5.75 Å². The highest BCUT2D eigenvalue weighted by atomic mass is 16.5. The molecule has 1 fully saturated rings. The molecule has 0 amide bonds. The Hall–Kier alpha value is -2.84. The van der Waals surface area contributed by atoms with Gasteiger partial charge in [-0.15, -0.1) is 0 Å². The number of benzene rings is 3. The van der Waals surface area contributed by atoms with Crippen molar-refractivity contribution in [2.75, 3.05) is 26.2 Å². The van der Waals surface area contributed by atoms with Crippen LogP contribution >= 0.6 is 0 Å². The minimum absolute atomic E-state index is 0.751. The monoisotopic (exact) mass is 425 g/mol. The number of likely N-dealkylation sites (tertiary alicyclic amines) is 1. The summed E-state index contributed by atoms with van der Waals surface area (Å²) < 4.78 is 6.09. The maximum atomic E-state index is 6.09. The van der Waals surface area contributed by atoms with Gasteiger partial charge in [-0.3, -0.25) is 4.90 Å². The molecule has 0 aromatic heterocycles. The summed E-state index contributed by atoms with van der Waals surface area (Å²) in [5.41, 5.74) is 6.43. The fourth-order valence-corrected chi connectivity index (χ4v) is 4.74. The van der Waals surface area contributed by atoms with Crippen molar-refractivity contribution in [3.8, 4) is 5.75 Å². The Morgan fingerprint density at radius 2 is 1.44 bits per heavy atom. The molecule has 0 spiro atoms. The molecule has 0 saturated carbocycles. The van der Waals surface area contributed by atoms with Gasteiger partial charge in [0.15, 0.2) is 0 Å². The first kappa shape index (κ1) is 22.4. The minimum Gasteiger partial charge on any atom is -0.492 e. The lowest BCUT2D eigenvalue weighted by atomic mass is 9.88. The molecule has 4 rings (SSSR count). The Balaban J connectivity index is 1.53. The fraction of sp³-hybridized carbons (Fsp3) is 0.333. The van der Waals surface area contributed by atoms with Gasteiger partial charge in [0.2, 0.25) is 0 Å². The quantitative estimate of drug-likeness (QED) is 0.337. The zero-order valence-corrected chi connectivity index (χ0v) is 19.5. The first-order chi connectivity index (χ1) is 15.8. The Morgan fingerprint density at radius 3 is 2.03 bits per heavy atom. The third-order valence-electron chi connectivity index (χ3n) is 6.61. The van der Waals surface area contributed by atoms with Gasteiger partial charge in [-0.25, -0.2) is 0 Å². The van der Waals surface area contributed by atoms with Crippen LogP contribution in [0.4, 0.5) is 0 Å². The summed E-state index contributed by atoms with van der Waals surface area (Å²) in [4.78, 5) is 2.53. The minimum atomic E-state index is 0.751. The molecule has 1 heterocycles. The molecule has 166 valence electrons. The third-order valence-corrected chi connectivity index (χ3v) is 6.61. The van der Waals surface area contributed by atoms with Gasteiger partial charge in [-0.05, 0) is 65.3 Å². The van der Waals surface area contributed by atoms with Gasteiger partial charge in [-0.2, -0.15) is 0 Å². The molecule has 0 aliphatic carbocycles. The van der Waals surface area contributed by atoms with Gasteiger partial charge in [-0.1, -0.05) is 93.1 Å². The molecule has 32 heavy (non-hydrogen) atoms. The van der Waals surface area contributed by atoms with Gasteiger partial charge in [0.1, 0.15) is 12.4 Å². The van der Waals surface area contributed by atoms with Crippen LogP contribution in [0.1, 0.15) is 49.8 Å². The summed E-state index contributed by atoms with van der Waals surface area (Å²) in [6.07, 6.45) is 3.60. The van der Waals surface area contributed by atoms with E-state index in [2.05, 4.69) is 104 Å². The highest BCUT2D eigenvalue weighted by Crippen LogP contribution is 2.34. The number of rotatable bonds is 9. The number of hydrogen-bond donors (Lipinski definition) is 0. The van der Waals surface area contributed by atoms with E-state index in [1.165, 1.54) is 53.8 Å². The van der Waals surface area contributed by atoms with Crippen LogP contribution < -0.4 is 4.74 Å². The summed E-state index contributed by atoms with van der Waals surface area (Å²) in [7, 11) is 0. The van der Waals surface area contributed by atoms with Crippen LogP contribution in [0.3, 0.4) is 0 Å². The maximum absolute atomic E-state index is 6.09. The van der Waals surface area contributed by atoms with E-state index in [9.17, 15) is 0 Å². The number of nitrogens with zero attached hydrogens (tertiary/aromatic N) is 1. The topological polar surface area (TPSA) is 12.5 Å². The summed E-state index contributed by atoms with van der Waals surface area (Å²) in [6.45, 7) is 8.74. The van der Waals surface area contributed by atoms with Gasteiger partial charge >= 0.3 is 0 Å². The van der Waals surface area contributed by atoms with E-state index in [0.717, 1.165) is 31.2 Å². The lowest BCUT2D eigenvalue weighted by Gasteiger charge is -2.18. The molecule has 3 aromatic rings. The Morgan fingerprint density at radius 1 is 0.812 bits per heavy atom. The molecule has 1 atom stereocenters. The average molecular weight is 426 g/mol. The molecule has 1 aliphatic heterocycles. The van der Waals surface area contributed by atoms with Crippen LogP contribution in [0.2, 0.25) is 0 Å². The predicted octanol–water partition coefficient (Wildman–Crippen LogP) is 7.17. The number of hydrogen-bond acceptors (Lipinski definition) is 2. The van der Waals surface area contributed by atoms with Crippen molar-refractivity contribution in [3.63, 3.8) is 0 Å². The average Bonchev–Trinajstić information content (AvgIpc) is 3.32. The van der Waals surface area contributed by atoms with E-state index < -0.39 is 0 Å². The molecule has 3 aromatic carbocycles. The maximum Gasteiger partial charge on any atom is 0.119 e. The smallest absolute Gasteiger partial charge is 0.119 e. The van der Waals surface area contributed by atoms with Crippen molar-refractivity contribution >= 4 is 11.1 Å². The van der Waals surface area contributed by atoms with E-state index in [4.69, 9.17) is 4.74 Å². The molecule has 0 radical (unpaired) electrons. The third kappa shape index (κ3) is 5.49. The van der Waals surface area contributed by atoms with Crippen molar-refractivity contribution in [2.24, 2.45) is 5.92 Å². The van der Waals surface area contributed by atoms with E-state index >= 15 is 0 Å². The SMILES string of the molecule is CC/C(=C(\c1ccccc1)c1ccc(OCCN2CC[C@H](CC)C2)cc1)c1ccccc1. The van der Waals surface area contributed by atoms with Gasteiger partial charge in [0, 0.05) is 13.1 Å². The molecule has 2 nitrogen and oxygen atoms in total. The van der Waals surface area contributed by atoms with Gasteiger partial charge in [0.25, 0.3) is 0 Å². The molecular formula is C30H35NO. The van der Waals surface area contributed by atoms with Gasteiger partial charge < -0.3 is 4.74 Å². The molecule has 0 unspecified atom stereocenters. The lowest BCUT2D eigenvalue weighted by Crippen LogP contribution is -2.26. The Bertz CT molecular complexity index is 992. The fourth-order valence-electron chi connectivity index (χ4n) is 4.74. The normalized spacial score (nSPS) is 17.2. The summed E-state index contributed by atoms with van der Waals surface area (Å²) >= 11 is 0. The van der Waals surface area contributed by atoms with Gasteiger partial charge in [0.05, 0.1) is 0 Å². The van der Waals surface area contributed by atoms with Crippen LogP contribution in [0.15, 0.2) is 84.9 Å². The van der Waals surface area contributed by atoms with E-state index in [1.807, 2.05) is 0 Å². The number of ether oxygens (including phenoxy) is 1. The van der Waals surface area contributed by atoms with Crippen molar-refractivity contribution in [3.05, 3.63) is 102 Å². The van der Waals surface area contributed by atoms with Crippen molar-refractivity contribution in [1.29, 1.82) is 0 Å². The van der Waals surface area contributed by atoms with E-state index in [1.54, 1.807) is 0 Å². The van der Waals surface area contributed by atoms with E-state index in [0.29, 0.717) is 0 Å². The second-order valence-corrected chi connectivity index (χ2v) is 8.68. The van der Waals surface area contributed by atoms with Crippen molar-refractivity contribution in [1.82, 2.24) is 4.90 Å². The van der Waals surface area contributed by atoms with Crippen LogP contribution in [0.25, 0.3) is 11.1 Å². The number of allylic oxidation sites excluding steroid dienone is 1. The molecule has 0 N–H and O–H groups in total. The summed E-state index contributed by atoms with van der Waals surface area (Å²) in [6, 6.07) is 30.1. The zero-order valence-electron chi connectivity index (χ0n) is 19.5. The predicted molar refractivity (Wildman–Crippen MR) is 136 cm³/mol. The Labute approximate surface area is 193 Å². The molecule has 0 bridgehead atoms. The highest BCUT2D eigenvalue weighted by Gasteiger charge is 2.20. The summed E-state index contributed by atoms with van der Waals surface area (Å²) in [5.74, 6) is 1.82. The van der Waals surface area contributed by atoms with Crippen LogP contribution in [0, 0.1) is 5.92 Å². The van der Waals surface area contributed by atoms with Crippen molar-refractivity contribution in [2.45, 2.75) is 33.1 Å². The standard InChI is InChI=1S/C30H35NO/c1-3-24-19-20-31(23-24)21-22-32-28-17-15-27(16-18-28)30(26-13-9-6-10-14-26)29(4-2)25-11-7-5-8-12-25/h5-18,24H,3-4,19-23H2,1-2H3/b30-29-/t24-/m0/s1.